The van der Waals surface area contributed by atoms with Crippen molar-refractivity contribution < 1.29 is 4.79 Å². The Bertz CT molecular complexity index is 1040. The molecule has 6 nitrogen and oxygen atoms in total. The number of thioether (sulfide) groups is 1. The van der Waals surface area contributed by atoms with Gasteiger partial charge in [0.15, 0.2) is 5.16 Å². The molecule has 1 aromatic carbocycles. The largest absolute Gasteiger partial charge is 0.353 e. The number of fused-ring (bicyclic) bond motifs is 1. The Labute approximate surface area is 171 Å². The van der Waals surface area contributed by atoms with E-state index in [1.54, 1.807) is 0 Å². The van der Waals surface area contributed by atoms with Gasteiger partial charge in [-0.15, -0.1) is 11.3 Å². The molecule has 0 saturated heterocycles. The van der Waals surface area contributed by atoms with Crippen molar-refractivity contribution in [2.75, 3.05) is 11.6 Å². The fraction of sp³-hybridized carbons (Fsp3) is 0.350. The van der Waals surface area contributed by atoms with Crippen LogP contribution in [0.2, 0.25) is 0 Å². The van der Waals surface area contributed by atoms with Crippen LogP contribution < -0.4 is 16.7 Å². The Hall–Kier alpha value is -2.32. The van der Waals surface area contributed by atoms with Crippen LogP contribution in [-0.2, 0) is 4.79 Å². The topological polar surface area (TPSA) is 90.0 Å². The third-order valence-corrected chi connectivity index (χ3v) is 6.82. The molecule has 28 heavy (non-hydrogen) atoms. The Morgan fingerprint density at radius 1 is 1.25 bits per heavy atom. The Morgan fingerprint density at radius 2 is 2.00 bits per heavy atom. The molecule has 0 spiro atoms. The second kappa shape index (κ2) is 8.36. The number of nitrogens with zero attached hydrogens (tertiary/aromatic N) is 2. The monoisotopic (exact) mass is 414 g/mol. The van der Waals surface area contributed by atoms with E-state index in [1.807, 2.05) is 35.7 Å². The minimum Gasteiger partial charge on any atom is -0.353 e. The summed E-state index contributed by atoms with van der Waals surface area (Å²) in [6, 6.07) is 9.98. The average molecular weight is 415 g/mol. The SMILES string of the molecule is Nn1c(SCC(=O)NC2CCCCC2)nc2scc(-c3ccccc3)c2c1=O. The first-order chi connectivity index (χ1) is 13.6. The van der Waals surface area contributed by atoms with Gasteiger partial charge in [0.2, 0.25) is 5.91 Å². The minimum atomic E-state index is -0.291. The van der Waals surface area contributed by atoms with Gasteiger partial charge in [0.05, 0.1) is 11.1 Å². The quantitative estimate of drug-likeness (QED) is 0.379. The van der Waals surface area contributed by atoms with Crippen LogP contribution in [0, 0.1) is 0 Å². The maximum atomic E-state index is 12.9. The number of hydrogen-bond acceptors (Lipinski definition) is 6. The molecule has 146 valence electrons. The molecular formula is C20H22N4O2S2. The third-order valence-electron chi connectivity index (χ3n) is 4.99. The molecule has 2 heterocycles. The van der Waals surface area contributed by atoms with E-state index in [1.165, 1.54) is 42.4 Å². The van der Waals surface area contributed by atoms with E-state index in [4.69, 9.17) is 5.84 Å². The van der Waals surface area contributed by atoms with Gasteiger partial charge >= 0.3 is 0 Å². The van der Waals surface area contributed by atoms with Crippen LogP contribution in [0.3, 0.4) is 0 Å². The van der Waals surface area contributed by atoms with Crippen molar-refractivity contribution in [2.24, 2.45) is 0 Å². The van der Waals surface area contributed by atoms with Crippen LogP contribution >= 0.6 is 23.1 Å². The highest BCUT2D eigenvalue weighted by molar-refractivity contribution is 7.99. The standard InChI is InChI=1S/C20H22N4O2S2/c21-24-19(26)17-15(13-7-3-1-4-8-13)11-27-18(17)23-20(24)28-12-16(25)22-14-9-5-2-6-10-14/h1,3-4,7-8,11,14H,2,5-6,9-10,12,21H2,(H,22,25). The molecule has 1 fully saturated rings. The fourth-order valence-corrected chi connectivity index (χ4v) is 5.28. The zero-order valence-electron chi connectivity index (χ0n) is 15.4. The van der Waals surface area contributed by atoms with Crippen LogP contribution in [0.5, 0.6) is 0 Å². The predicted molar refractivity (Wildman–Crippen MR) is 115 cm³/mol. The summed E-state index contributed by atoms with van der Waals surface area (Å²) in [4.78, 5) is 30.3. The smallest absolute Gasteiger partial charge is 0.282 e. The van der Waals surface area contributed by atoms with E-state index in [-0.39, 0.29) is 23.3 Å². The van der Waals surface area contributed by atoms with Gasteiger partial charge in [-0.3, -0.25) is 9.59 Å². The first kappa shape index (κ1) is 19.0. The summed E-state index contributed by atoms with van der Waals surface area (Å²) in [5.74, 6) is 6.18. The lowest BCUT2D eigenvalue weighted by Crippen LogP contribution is -2.37. The summed E-state index contributed by atoms with van der Waals surface area (Å²) < 4.78 is 1.06. The zero-order chi connectivity index (χ0) is 19.5. The van der Waals surface area contributed by atoms with Gasteiger partial charge in [-0.05, 0) is 18.4 Å². The van der Waals surface area contributed by atoms with Gasteiger partial charge in [0.1, 0.15) is 4.83 Å². The van der Waals surface area contributed by atoms with Gasteiger partial charge in [-0.1, -0.05) is 61.4 Å². The van der Waals surface area contributed by atoms with Gasteiger partial charge in [0, 0.05) is 17.0 Å². The van der Waals surface area contributed by atoms with Gasteiger partial charge in [-0.2, -0.15) is 0 Å². The summed E-state index contributed by atoms with van der Waals surface area (Å²) in [5.41, 5.74) is 1.50. The second-order valence-corrected chi connectivity index (χ2v) is 8.76. The molecule has 8 heteroatoms. The summed E-state index contributed by atoms with van der Waals surface area (Å²) in [7, 11) is 0. The zero-order valence-corrected chi connectivity index (χ0v) is 17.0. The van der Waals surface area contributed by atoms with Gasteiger partial charge < -0.3 is 11.2 Å². The predicted octanol–water partition coefficient (Wildman–Crippen LogP) is 3.38. The van der Waals surface area contributed by atoms with Crippen molar-refractivity contribution in [3.8, 4) is 11.1 Å². The Morgan fingerprint density at radius 3 is 2.75 bits per heavy atom. The molecule has 0 aliphatic heterocycles. The number of benzene rings is 1. The average Bonchev–Trinajstić information content (AvgIpc) is 3.15. The highest BCUT2D eigenvalue weighted by Crippen LogP contribution is 2.31. The number of thiophene rings is 1. The van der Waals surface area contributed by atoms with Crippen molar-refractivity contribution in [2.45, 2.75) is 43.3 Å². The number of amides is 1. The van der Waals surface area contributed by atoms with E-state index in [0.29, 0.717) is 15.4 Å². The van der Waals surface area contributed by atoms with Crippen LogP contribution in [0.1, 0.15) is 32.1 Å². The number of aromatic nitrogens is 2. The molecule has 1 saturated carbocycles. The summed E-state index contributed by atoms with van der Waals surface area (Å²) >= 11 is 2.61. The molecule has 1 aliphatic rings. The Kier molecular flexibility index (Phi) is 5.68. The van der Waals surface area contributed by atoms with Crippen LogP contribution in [0.25, 0.3) is 21.3 Å². The maximum Gasteiger partial charge on any atom is 0.282 e. The number of nitrogens with two attached hydrogens (primary N) is 1. The van der Waals surface area contributed by atoms with E-state index in [9.17, 15) is 9.59 Å². The molecule has 0 atom stereocenters. The summed E-state index contributed by atoms with van der Waals surface area (Å²) in [5, 5.41) is 5.88. The van der Waals surface area contributed by atoms with Crippen LogP contribution in [0.4, 0.5) is 0 Å². The van der Waals surface area contributed by atoms with Crippen LogP contribution in [-0.4, -0.2) is 27.4 Å². The molecule has 0 bridgehead atoms. The van der Waals surface area contributed by atoms with E-state index < -0.39 is 0 Å². The molecule has 4 rings (SSSR count). The van der Waals surface area contributed by atoms with Crippen molar-refractivity contribution in [3.05, 3.63) is 46.1 Å². The number of carbonyl (C=O) groups excluding carboxylic acids is 1. The van der Waals surface area contributed by atoms with Crippen molar-refractivity contribution >= 4 is 39.2 Å². The molecule has 0 unspecified atom stereocenters. The van der Waals surface area contributed by atoms with Crippen LogP contribution in [0.15, 0.2) is 45.7 Å². The van der Waals surface area contributed by atoms with E-state index in [2.05, 4.69) is 10.3 Å². The lowest BCUT2D eigenvalue weighted by Gasteiger charge is -2.22. The normalized spacial score (nSPS) is 15.0. The van der Waals surface area contributed by atoms with Crippen molar-refractivity contribution in [1.82, 2.24) is 15.0 Å². The number of hydrogen-bond donors (Lipinski definition) is 2. The number of carbonyl (C=O) groups is 1. The minimum absolute atomic E-state index is 0.0394. The molecule has 2 aromatic heterocycles. The number of nitrogens with one attached hydrogen (secondary N) is 1. The van der Waals surface area contributed by atoms with E-state index in [0.717, 1.165) is 28.6 Å². The van der Waals surface area contributed by atoms with Gasteiger partial charge in [0.25, 0.3) is 5.56 Å². The van der Waals surface area contributed by atoms with Crippen molar-refractivity contribution in [1.29, 1.82) is 0 Å². The molecule has 3 N–H and O–H groups in total. The summed E-state index contributed by atoms with van der Waals surface area (Å²) in [6.07, 6.45) is 5.66. The molecule has 1 aliphatic carbocycles. The molecule has 1 amide bonds. The fourth-order valence-electron chi connectivity index (χ4n) is 3.56. The first-order valence-electron chi connectivity index (χ1n) is 9.40. The van der Waals surface area contributed by atoms with Gasteiger partial charge in [-0.25, -0.2) is 9.66 Å². The highest BCUT2D eigenvalue weighted by Gasteiger charge is 2.19. The lowest BCUT2D eigenvalue weighted by molar-refractivity contribution is -0.119. The number of rotatable bonds is 5. The molecular weight excluding hydrogens is 392 g/mol. The van der Waals surface area contributed by atoms with Crippen molar-refractivity contribution in [3.63, 3.8) is 0 Å². The Balaban J connectivity index is 1.53. The lowest BCUT2D eigenvalue weighted by atomic mass is 9.95. The number of nitrogen functional groups attached to an aromatic ring is 1. The third kappa shape index (κ3) is 3.93. The highest BCUT2D eigenvalue weighted by atomic mass is 32.2. The second-order valence-electron chi connectivity index (χ2n) is 6.96. The maximum absolute atomic E-state index is 12.9. The molecule has 3 aromatic rings. The summed E-state index contributed by atoms with van der Waals surface area (Å²) in [6.45, 7) is 0. The van der Waals surface area contributed by atoms with E-state index >= 15 is 0 Å². The first-order valence-corrected chi connectivity index (χ1v) is 11.3. The molecule has 0 radical (unpaired) electrons.